The Morgan fingerprint density at radius 2 is 2.44 bits per heavy atom. The van der Waals surface area contributed by atoms with Crippen LogP contribution in [0.3, 0.4) is 0 Å². The van der Waals surface area contributed by atoms with Gasteiger partial charge in [0, 0.05) is 30.7 Å². The molecule has 2 unspecified atom stereocenters. The standard InChI is InChI=1S/C12H21N3S/c1-3-7-13-10-5-4-6-11(10)16-12-14-8-9-15(12)2/h8-11,13H,3-7H2,1-2H3. The lowest BCUT2D eigenvalue weighted by atomic mass is 10.2. The normalized spacial score (nSPS) is 25.1. The second kappa shape index (κ2) is 5.73. The predicted molar refractivity (Wildman–Crippen MR) is 68.8 cm³/mol. The average molecular weight is 239 g/mol. The summed E-state index contributed by atoms with van der Waals surface area (Å²) in [4.78, 5) is 4.39. The predicted octanol–water partition coefficient (Wildman–Crippen LogP) is 2.43. The second-order valence-corrected chi connectivity index (χ2v) is 5.67. The zero-order chi connectivity index (χ0) is 11.4. The molecule has 3 nitrogen and oxygen atoms in total. The van der Waals surface area contributed by atoms with Gasteiger partial charge in [0.1, 0.15) is 0 Å². The Hall–Kier alpha value is -0.480. The van der Waals surface area contributed by atoms with Crippen LogP contribution in [0.25, 0.3) is 0 Å². The van der Waals surface area contributed by atoms with Crippen molar-refractivity contribution in [1.82, 2.24) is 14.9 Å². The highest BCUT2D eigenvalue weighted by atomic mass is 32.2. The molecule has 1 heterocycles. The molecule has 0 aromatic carbocycles. The molecule has 16 heavy (non-hydrogen) atoms. The van der Waals surface area contributed by atoms with E-state index in [0.29, 0.717) is 11.3 Å². The van der Waals surface area contributed by atoms with Crippen LogP contribution in [0, 0.1) is 0 Å². The van der Waals surface area contributed by atoms with Gasteiger partial charge in [-0.15, -0.1) is 0 Å². The number of nitrogens with one attached hydrogen (secondary N) is 1. The minimum absolute atomic E-state index is 0.682. The van der Waals surface area contributed by atoms with Crippen LogP contribution in [-0.2, 0) is 7.05 Å². The van der Waals surface area contributed by atoms with Crippen molar-refractivity contribution in [1.29, 1.82) is 0 Å². The van der Waals surface area contributed by atoms with Gasteiger partial charge in [0.05, 0.1) is 0 Å². The lowest BCUT2D eigenvalue weighted by Crippen LogP contribution is -2.34. The van der Waals surface area contributed by atoms with E-state index < -0.39 is 0 Å². The summed E-state index contributed by atoms with van der Waals surface area (Å²) in [5.74, 6) is 0. The summed E-state index contributed by atoms with van der Waals surface area (Å²) in [5.41, 5.74) is 0. The van der Waals surface area contributed by atoms with Crippen molar-refractivity contribution >= 4 is 11.8 Å². The Balaban J connectivity index is 1.91. The van der Waals surface area contributed by atoms with Gasteiger partial charge >= 0.3 is 0 Å². The van der Waals surface area contributed by atoms with E-state index in [9.17, 15) is 0 Å². The first kappa shape index (κ1) is 12.0. The first-order valence-corrected chi connectivity index (χ1v) is 7.06. The third-order valence-electron chi connectivity index (χ3n) is 3.14. The quantitative estimate of drug-likeness (QED) is 0.856. The first-order chi connectivity index (χ1) is 7.81. The third kappa shape index (κ3) is 2.80. The lowest BCUT2D eigenvalue weighted by Gasteiger charge is -2.19. The summed E-state index contributed by atoms with van der Waals surface area (Å²) in [6.45, 7) is 3.37. The van der Waals surface area contributed by atoms with Crippen LogP contribution in [-0.4, -0.2) is 27.4 Å². The van der Waals surface area contributed by atoms with Crippen molar-refractivity contribution in [2.45, 2.75) is 49.1 Å². The van der Waals surface area contributed by atoms with Crippen LogP contribution < -0.4 is 5.32 Å². The minimum atomic E-state index is 0.682. The molecular weight excluding hydrogens is 218 g/mol. The van der Waals surface area contributed by atoms with Crippen molar-refractivity contribution in [2.75, 3.05) is 6.54 Å². The molecule has 1 fully saturated rings. The molecule has 1 aliphatic rings. The number of hydrogen-bond donors (Lipinski definition) is 1. The highest BCUT2D eigenvalue weighted by molar-refractivity contribution is 7.99. The largest absolute Gasteiger partial charge is 0.329 e. The van der Waals surface area contributed by atoms with E-state index in [1.807, 2.05) is 24.2 Å². The van der Waals surface area contributed by atoms with E-state index >= 15 is 0 Å². The van der Waals surface area contributed by atoms with Gasteiger partial charge in [-0.25, -0.2) is 4.98 Å². The minimum Gasteiger partial charge on any atom is -0.329 e. The highest BCUT2D eigenvalue weighted by Crippen LogP contribution is 2.33. The van der Waals surface area contributed by atoms with Crippen LogP contribution >= 0.6 is 11.8 Å². The van der Waals surface area contributed by atoms with Crippen LogP contribution in [0.2, 0.25) is 0 Å². The number of imidazole rings is 1. The molecule has 0 aliphatic heterocycles. The molecule has 0 amide bonds. The van der Waals surface area contributed by atoms with Crippen molar-refractivity contribution in [3.8, 4) is 0 Å². The van der Waals surface area contributed by atoms with E-state index in [1.165, 1.54) is 25.7 Å². The van der Waals surface area contributed by atoms with Crippen LogP contribution in [0.1, 0.15) is 32.6 Å². The molecule has 0 radical (unpaired) electrons. The summed E-state index contributed by atoms with van der Waals surface area (Å²) in [6, 6.07) is 0.682. The van der Waals surface area contributed by atoms with Crippen molar-refractivity contribution < 1.29 is 0 Å². The monoisotopic (exact) mass is 239 g/mol. The van der Waals surface area contributed by atoms with Crippen LogP contribution in [0.4, 0.5) is 0 Å². The molecule has 2 atom stereocenters. The molecular formula is C12H21N3S. The third-order valence-corrected chi connectivity index (χ3v) is 4.61. The maximum Gasteiger partial charge on any atom is 0.167 e. The molecule has 1 saturated carbocycles. The van der Waals surface area contributed by atoms with Crippen molar-refractivity contribution in [3.63, 3.8) is 0 Å². The van der Waals surface area contributed by atoms with Gasteiger partial charge in [0.25, 0.3) is 0 Å². The molecule has 0 bridgehead atoms. The van der Waals surface area contributed by atoms with Crippen LogP contribution in [0.5, 0.6) is 0 Å². The first-order valence-electron chi connectivity index (χ1n) is 6.18. The fourth-order valence-electron chi connectivity index (χ4n) is 2.23. The van der Waals surface area contributed by atoms with E-state index in [2.05, 4.69) is 28.8 Å². The van der Waals surface area contributed by atoms with Gasteiger partial charge in [-0.3, -0.25) is 0 Å². The SMILES string of the molecule is CCCNC1CCCC1Sc1nccn1C. The molecule has 90 valence electrons. The van der Waals surface area contributed by atoms with Gasteiger partial charge in [0.2, 0.25) is 0 Å². The van der Waals surface area contributed by atoms with Crippen molar-refractivity contribution in [3.05, 3.63) is 12.4 Å². The Labute approximate surface area is 102 Å². The summed E-state index contributed by atoms with van der Waals surface area (Å²) in [6.07, 6.45) is 9.11. The molecule has 1 aromatic rings. The second-order valence-electron chi connectivity index (χ2n) is 4.47. The fourth-order valence-corrected chi connectivity index (χ4v) is 3.53. The van der Waals surface area contributed by atoms with Gasteiger partial charge in [-0.2, -0.15) is 0 Å². The highest BCUT2D eigenvalue weighted by Gasteiger charge is 2.28. The number of rotatable bonds is 5. The number of nitrogens with zero attached hydrogens (tertiary/aromatic N) is 2. The Kier molecular flexibility index (Phi) is 4.29. The topological polar surface area (TPSA) is 29.9 Å². The summed E-state index contributed by atoms with van der Waals surface area (Å²) < 4.78 is 2.11. The van der Waals surface area contributed by atoms with E-state index in [1.54, 1.807) is 0 Å². The smallest absolute Gasteiger partial charge is 0.167 e. The zero-order valence-corrected chi connectivity index (χ0v) is 11.0. The molecule has 0 spiro atoms. The van der Waals surface area contributed by atoms with Gasteiger partial charge in [-0.1, -0.05) is 25.1 Å². The summed E-state index contributed by atoms with van der Waals surface area (Å²) in [7, 11) is 2.07. The number of hydrogen-bond acceptors (Lipinski definition) is 3. The Bertz CT molecular complexity index is 324. The van der Waals surface area contributed by atoms with Gasteiger partial charge in [0.15, 0.2) is 5.16 Å². The fraction of sp³-hybridized carbons (Fsp3) is 0.750. The molecule has 1 aliphatic carbocycles. The summed E-state index contributed by atoms with van der Waals surface area (Å²) in [5, 5.41) is 5.51. The average Bonchev–Trinajstić information content (AvgIpc) is 2.87. The maximum absolute atomic E-state index is 4.39. The van der Waals surface area contributed by atoms with Gasteiger partial charge in [-0.05, 0) is 25.8 Å². The van der Waals surface area contributed by atoms with Gasteiger partial charge < -0.3 is 9.88 Å². The van der Waals surface area contributed by atoms with Crippen molar-refractivity contribution in [2.24, 2.45) is 7.05 Å². The molecule has 1 aromatic heterocycles. The van der Waals surface area contributed by atoms with E-state index in [-0.39, 0.29) is 0 Å². The lowest BCUT2D eigenvalue weighted by molar-refractivity contribution is 0.530. The Morgan fingerprint density at radius 3 is 3.12 bits per heavy atom. The van der Waals surface area contributed by atoms with E-state index in [4.69, 9.17) is 0 Å². The Morgan fingerprint density at radius 1 is 1.56 bits per heavy atom. The number of aryl methyl sites for hydroxylation is 1. The number of thioether (sulfide) groups is 1. The maximum atomic E-state index is 4.39. The summed E-state index contributed by atoms with van der Waals surface area (Å²) >= 11 is 1.93. The zero-order valence-electron chi connectivity index (χ0n) is 10.1. The molecule has 4 heteroatoms. The molecule has 0 saturated heterocycles. The van der Waals surface area contributed by atoms with Crippen LogP contribution in [0.15, 0.2) is 17.6 Å². The van der Waals surface area contributed by atoms with E-state index in [0.717, 1.165) is 11.7 Å². The molecule has 1 N–H and O–H groups in total. The number of aromatic nitrogens is 2. The molecule has 2 rings (SSSR count).